The zero-order valence-corrected chi connectivity index (χ0v) is 17.6. The van der Waals surface area contributed by atoms with E-state index in [2.05, 4.69) is 42.5 Å². The van der Waals surface area contributed by atoms with Gasteiger partial charge in [0, 0.05) is 29.2 Å². The number of para-hydroxylation sites is 1. The highest BCUT2D eigenvalue weighted by Crippen LogP contribution is 2.40. The van der Waals surface area contributed by atoms with E-state index in [1.807, 2.05) is 36.5 Å². The maximum atomic E-state index is 12.9. The van der Waals surface area contributed by atoms with Crippen LogP contribution in [0.2, 0.25) is 0 Å². The lowest BCUT2D eigenvalue weighted by Crippen LogP contribution is -2.38. The summed E-state index contributed by atoms with van der Waals surface area (Å²) in [7, 11) is 1.67. The number of fused-ring (bicyclic) bond motifs is 2. The van der Waals surface area contributed by atoms with Gasteiger partial charge >= 0.3 is 0 Å². The quantitative estimate of drug-likeness (QED) is 0.583. The van der Waals surface area contributed by atoms with Gasteiger partial charge in [0.25, 0.3) is 5.91 Å². The van der Waals surface area contributed by atoms with E-state index in [4.69, 9.17) is 4.74 Å². The maximum Gasteiger partial charge on any atom is 0.253 e. The van der Waals surface area contributed by atoms with Crippen molar-refractivity contribution in [3.05, 3.63) is 59.3 Å². The second-order valence-electron chi connectivity index (χ2n) is 8.62. The van der Waals surface area contributed by atoms with E-state index in [-0.39, 0.29) is 11.4 Å². The molecule has 0 saturated heterocycles. The first-order valence-electron chi connectivity index (χ1n) is 10.2. The Morgan fingerprint density at radius 3 is 2.90 bits per heavy atom. The molecule has 3 aromatic rings. The average molecular weight is 392 g/mol. The number of anilines is 1. The van der Waals surface area contributed by atoms with E-state index in [1.165, 1.54) is 11.1 Å². The molecule has 0 radical (unpaired) electrons. The number of benzene rings is 2. The fourth-order valence-corrected chi connectivity index (χ4v) is 4.47. The molecule has 29 heavy (non-hydrogen) atoms. The van der Waals surface area contributed by atoms with Gasteiger partial charge in [-0.05, 0) is 68.0 Å². The molecule has 0 fully saturated rings. The third-order valence-electron chi connectivity index (χ3n) is 5.81. The molecule has 1 aliphatic rings. The van der Waals surface area contributed by atoms with Crippen LogP contribution in [0.5, 0.6) is 5.75 Å². The van der Waals surface area contributed by atoms with E-state index in [1.54, 1.807) is 7.11 Å². The fraction of sp³-hybridized carbons (Fsp3) is 0.375. The van der Waals surface area contributed by atoms with Crippen LogP contribution < -0.4 is 15.4 Å². The topological polar surface area (TPSA) is 66.1 Å². The van der Waals surface area contributed by atoms with Gasteiger partial charge in [-0.2, -0.15) is 0 Å². The fourth-order valence-electron chi connectivity index (χ4n) is 4.47. The van der Waals surface area contributed by atoms with Crippen molar-refractivity contribution < 1.29 is 9.53 Å². The molecule has 0 aliphatic carbocycles. The summed E-state index contributed by atoms with van der Waals surface area (Å²) in [5.41, 5.74) is 5.15. The van der Waals surface area contributed by atoms with Crippen LogP contribution in [0, 0.1) is 0 Å². The van der Waals surface area contributed by atoms with Gasteiger partial charge in [0.15, 0.2) is 0 Å². The molecular weight excluding hydrogens is 362 g/mol. The molecule has 1 unspecified atom stereocenters. The summed E-state index contributed by atoms with van der Waals surface area (Å²) in [5, 5.41) is 7.81. The Morgan fingerprint density at radius 2 is 2.10 bits per heavy atom. The zero-order valence-electron chi connectivity index (χ0n) is 17.6. The predicted molar refractivity (Wildman–Crippen MR) is 118 cm³/mol. The molecule has 0 spiro atoms. The Hall–Kier alpha value is -2.95. The van der Waals surface area contributed by atoms with Crippen LogP contribution in [0.25, 0.3) is 10.9 Å². The molecule has 5 heteroatoms. The Kier molecular flexibility index (Phi) is 4.99. The molecule has 1 amide bonds. The van der Waals surface area contributed by atoms with Gasteiger partial charge in [-0.3, -0.25) is 4.79 Å². The molecule has 2 heterocycles. The highest BCUT2D eigenvalue weighted by Gasteiger charge is 2.31. The lowest BCUT2D eigenvalue weighted by molar-refractivity contribution is 0.0954. The molecule has 0 bridgehead atoms. The Balaban J connectivity index is 1.48. The van der Waals surface area contributed by atoms with Gasteiger partial charge < -0.3 is 20.4 Å². The van der Waals surface area contributed by atoms with Crippen LogP contribution in [0.1, 0.15) is 54.6 Å². The second kappa shape index (κ2) is 7.47. The lowest BCUT2D eigenvalue weighted by Gasteiger charge is -2.38. The van der Waals surface area contributed by atoms with Crippen LogP contribution in [0.3, 0.4) is 0 Å². The molecular formula is C24H29N3O2. The van der Waals surface area contributed by atoms with Gasteiger partial charge in [-0.1, -0.05) is 19.1 Å². The average Bonchev–Trinajstić information content (AvgIpc) is 3.08. The van der Waals surface area contributed by atoms with Crippen molar-refractivity contribution in [1.82, 2.24) is 10.3 Å². The van der Waals surface area contributed by atoms with Crippen molar-refractivity contribution >= 4 is 22.5 Å². The molecule has 152 valence electrons. The third kappa shape index (κ3) is 3.82. The summed E-state index contributed by atoms with van der Waals surface area (Å²) < 4.78 is 5.33. The highest BCUT2D eigenvalue weighted by molar-refractivity contribution is 6.00. The maximum absolute atomic E-state index is 12.9. The summed E-state index contributed by atoms with van der Waals surface area (Å²) in [5.74, 6) is 1.23. The monoisotopic (exact) mass is 391 g/mol. The van der Waals surface area contributed by atoms with Crippen molar-refractivity contribution in [3.63, 3.8) is 0 Å². The molecule has 1 aromatic heterocycles. The van der Waals surface area contributed by atoms with Gasteiger partial charge in [0.2, 0.25) is 0 Å². The Bertz CT molecular complexity index is 1050. The first kappa shape index (κ1) is 19.4. The summed E-state index contributed by atoms with van der Waals surface area (Å²) >= 11 is 0. The minimum Gasteiger partial charge on any atom is -0.497 e. The number of carbonyl (C=O) groups excluding carboxylic acids is 1. The van der Waals surface area contributed by atoms with E-state index < -0.39 is 0 Å². The van der Waals surface area contributed by atoms with Crippen LogP contribution in [-0.4, -0.2) is 30.1 Å². The van der Waals surface area contributed by atoms with Crippen molar-refractivity contribution in [2.45, 2.75) is 45.1 Å². The standard InChI is InChI=1S/C24H29N3O2/c1-15-13-24(2,3)27-22-18(15)6-5-7-19(22)23(28)25-11-10-16-14-26-21-9-8-17(29-4)12-20(16)21/h5-9,12,14-15,26-27H,10-11,13H2,1-4H3,(H,25,28). The van der Waals surface area contributed by atoms with Gasteiger partial charge in [-0.15, -0.1) is 0 Å². The van der Waals surface area contributed by atoms with Crippen molar-refractivity contribution in [3.8, 4) is 5.75 Å². The molecule has 2 aromatic carbocycles. The van der Waals surface area contributed by atoms with Crippen molar-refractivity contribution in [2.24, 2.45) is 0 Å². The third-order valence-corrected chi connectivity index (χ3v) is 5.81. The number of aromatic amines is 1. The van der Waals surface area contributed by atoms with E-state index in [0.717, 1.165) is 40.7 Å². The second-order valence-corrected chi connectivity index (χ2v) is 8.62. The van der Waals surface area contributed by atoms with Crippen LogP contribution in [0.4, 0.5) is 5.69 Å². The van der Waals surface area contributed by atoms with Crippen LogP contribution in [-0.2, 0) is 6.42 Å². The molecule has 4 rings (SSSR count). The largest absolute Gasteiger partial charge is 0.497 e. The molecule has 1 atom stereocenters. The smallest absolute Gasteiger partial charge is 0.253 e. The summed E-state index contributed by atoms with van der Waals surface area (Å²) in [6.07, 6.45) is 3.81. The summed E-state index contributed by atoms with van der Waals surface area (Å²) in [4.78, 5) is 16.2. The van der Waals surface area contributed by atoms with E-state index in [0.29, 0.717) is 12.5 Å². The molecule has 1 aliphatic heterocycles. The number of methoxy groups -OCH3 is 1. The van der Waals surface area contributed by atoms with Crippen molar-refractivity contribution in [1.29, 1.82) is 0 Å². The number of ether oxygens (including phenoxy) is 1. The van der Waals surface area contributed by atoms with E-state index in [9.17, 15) is 4.79 Å². The number of aromatic nitrogens is 1. The summed E-state index contributed by atoms with van der Waals surface area (Å²) in [6, 6.07) is 12.0. The minimum absolute atomic E-state index is 0.0219. The Morgan fingerprint density at radius 1 is 1.28 bits per heavy atom. The van der Waals surface area contributed by atoms with Gasteiger partial charge in [-0.25, -0.2) is 0 Å². The van der Waals surface area contributed by atoms with Crippen LogP contribution in [0.15, 0.2) is 42.6 Å². The number of rotatable bonds is 5. The molecule has 3 N–H and O–H groups in total. The lowest BCUT2D eigenvalue weighted by atomic mass is 9.81. The Labute approximate surface area is 171 Å². The first-order chi connectivity index (χ1) is 13.9. The highest BCUT2D eigenvalue weighted by atomic mass is 16.5. The number of carbonyl (C=O) groups is 1. The normalized spacial score (nSPS) is 17.4. The van der Waals surface area contributed by atoms with E-state index >= 15 is 0 Å². The van der Waals surface area contributed by atoms with Gasteiger partial charge in [0.1, 0.15) is 5.75 Å². The number of H-pyrrole nitrogens is 1. The van der Waals surface area contributed by atoms with Gasteiger partial charge in [0.05, 0.1) is 18.4 Å². The number of hydrogen-bond acceptors (Lipinski definition) is 3. The summed E-state index contributed by atoms with van der Waals surface area (Å²) in [6.45, 7) is 7.18. The number of hydrogen-bond donors (Lipinski definition) is 3. The SMILES string of the molecule is COc1ccc2[nH]cc(CCNC(=O)c3cccc4c3NC(C)(C)CC4C)c2c1. The number of nitrogens with one attached hydrogen (secondary N) is 3. The first-order valence-corrected chi connectivity index (χ1v) is 10.2. The van der Waals surface area contributed by atoms with Crippen LogP contribution >= 0.6 is 0 Å². The number of amides is 1. The minimum atomic E-state index is -0.0309. The molecule has 0 saturated carbocycles. The van der Waals surface area contributed by atoms with Crippen molar-refractivity contribution in [2.75, 3.05) is 19.0 Å². The zero-order chi connectivity index (χ0) is 20.6. The predicted octanol–water partition coefficient (Wildman–Crippen LogP) is 4.85. The molecule has 5 nitrogen and oxygen atoms in total.